The average molecular weight is 377 g/mol. The molecule has 0 spiro atoms. The number of methoxy groups -OCH3 is 1. The number of imidazole rings is 1. The van der Waals surface area contributed by atoms with E-state index in [2.05, 4.69) is 26.8 Å². The predicted molar refractivity (Wildman–Crippen MR) is 85.1 cm³/mol. The van der Waals surface area contributed by atoms with Gasteiger partial charge in [0, 0.05) is 7.11 Å². The van der Waals surface area contributed by atoms with Gasteiger partial charge in [0.2, 0.25) is 0 Å². The monoisotopic (exact) mass is 377 g/mol. The second-order valence-electron chi connectivity index (χ2n) is 5.09. The molecule has 3 heterocycles. The molecule has 3 rings (SSSR count). The summed E-state index contributed by atoms with van der Waals surface area (Å²) in [5.41, 5.74) is 6.55. The Morgan fingerprint density at radius 3 is 2.75 bits per heavy atom. The molecule has 1 aliphatic rings. The molecule has 2 aromatic rings. The summed E-state index contributed by atoms with van der Waals surface area (Å²) in [6.07, 6.45) is -0.723. The van der Waals surface area contributed by atoms with Gasteiger partial charge in [0.15, 0.2) is 17.7 Å². The number of nitrogen functional groups attached to an aromatic ring is 1. The molecule has 4 atom stereocenters. The van der Waals surface area contributed by atoms with Gasteiger partial charge in [-0.1, -0.05) is 0 Å². The lowest BCUT2D eigenvalue weighted by Gasteiger charge is -2.24. The van der Waals surface area contributed by atoms with E-state index in [0.717, 1.165) is 0 Å². The SMILES string of the molecule is CO[C@@H]1[C@H](OP(O)(O)=S)[C@@H](CO)O[C@H]1n1cnc2c(N)ncnc21. The topological polar surface area (TPSA) is 158 Å². The van der Waals surface area contributed by atoms with Crippen LogP contribution in [0.1, 0.15) is 6.23 Å². The molecular weight excluding hydrogens is 361 g/mol. The van der Waals surface area contributed by atoms with Crippen molar-refractivity contribution >= 4 is 35.5 Å². The fourth-order valence-electron chi connectivity index (χ4n) is 2.67. The number of aliphatic hydroxyl groups is 1. The molecule has 0 amide bonds. The van der Waals surface area contributed by atoms with Gasteiger partial charge in [0.05, 0.1) is 12.9 Å². The van der Waals surface area contributed by atoms with Crippen LogP contribution in [0.3, 0.4) is 0 Å². The Morgan fingerprint density at radius 1 is 1.38 bits per heavy atom. The number of anilines is 1. The van der Waals surface area contributed by atoms with Crippen LogP contribution in [-0.2, 0) is 25.8 Å². The summed E-state index contributed by atoms with van der Waals surface area (Å²) in [4.78, 5) is 31.0. The molecule has 2 aromatic heterocycles. The van der Waals surface area contributed by atoms with Gasteiger partial charge in [-0.2, -0.15) is 0 Å². The molecule has 132 valence electrons. The molecular formula is C11H16N5O6PS. The lowest BCUT2D eigenvalue weighted by molar-refractivity contribution is -0.0583. The van der Waals surface area contributed by atoms with Crippen molar-refractivity contribution in [2.45, 2.75) is 24.5 Å². The van der Waals surface area contributed by atoms with Crippen LogP contribution in [0.4, 0.5) is 5.82 Å². The maximum Gasteiger partial charge on any atom is 0.322 e. The number of hydrogen-bond acceptors (Lipinski definition) is 9. The van der Waals surface area contributed by atoms with Crippen LogP contribution >= 0.6 is 6.72 Å². The van der Waals surface area contributed by atoms with Gasteiger partial charge in [-0.25, -0.2) is 15.0 Å². The van der Waals surface area contributed by atoms with Crippen molar-refractivity contribution < 1.29 is 28.9 Å². The molecule has 0 radical (unpaired) electrons. The standard InChI is InChI=1S/C11H16N5O6PS/c1-20-8-7(22-23(18,19)24)5(2-17)21-11(8)16-4-15-6-9(12)13-3-14-10(6)16/h3-5,7-8,11,17H,2H2,1H3,(H2,12,13,14)(H2,18,19,24)/t5-,7-,8-,11-/m1/s1. The molecule has 0 saturated carbocycles. The first kappa shape index (κ1) is 17.6. The fraction of sp³-hybridized carbons (Fsp3) is 0.545. The van der Waals surface area contributed by atoms with E-state index in [-0.39, 0.29) is 5.82 Å². The summed E-state index contributed by atoms with van der Waals surface area (Å²) in [6, 6.07) is 0. The van der Waals surface area contributed by atoms with Gasteiger partial charge in [-0.05, 0) is 11.8 Å². The fourth-order valence-corrected chi connectivity index (χ4v) is 3.54. The number of rotatable bonds is 5. The van der Waals surface area contributed by atoms with Gasteiger partial charge in [0.25, 0.3) is 0 Å². The number of ether oxygens (including phenoxy) is 2. The van der Waals surface area contributed by atoms with Gasteiger partial charge in [-0.15, -0.1) is 0 Å². The second kappa shape index (κ2) is 6.58. The Morgan fingerprint density at radius 2 is 2.12 bits per heavy atom. The number of nitrogens with zero attached hydrogens (tertiary/aromatic N) is 4. The third kappa shape index (κ3) is 3.15. The van der Waals surface area contributed by atoms with E-state index in [1.165, 1.54) is 19.8 Å². The summed E-state index contributed by atoms with van der Waals surface area (Å²) in [6.45, 7) is -4.41. The van der Waals surface area contributed by atoms with Gasteiger partial charge >= 0.3 is 6.72 Å². The van der Waals surface area contributed by atoms with Crippen molar-refractivity contribution in [1.29, 1.82) is 0 Å². The summed E-state index contributed by atoms with van der Waals surface area (Å²) in [5, 5.41) is 9.50. The summed E-state index contributed by atoms with van der Waals surface area (Å²) < 4.78 is 17.8. The van der Waals surface area contributed by atoms with Gasteiger partial charge in [0.1, 0.15) is 30.2 Å². The van der Waals surface area contributed by atoms with Crippen LogP contribution in [0, 0.1) is 0 Å². The van der Waals surface area contributed by atoms with Crippen molar-refractivity contribution in [3.63, 3.8) is 0 Å². The first-order valence-corrected chi connectivity index (χ1v) is 9.44. The second-order valence-corrected chi connectivity index (χ2v) is 7.71. The average Bonchev–Trinajstić information content (AvgIpc) is 3.07. The molecule has 1 aliphatic heterocycles. The zero-order valence-electron chi connectivity index (χ0n) is 12.5. The highest BCUT2D eigenvalue weighted by Crippen LogP contribution is 2.45. The summed E-state index contributed by atoms with van der Waals surface area (Å²) in [7, 11) is 1.40. The van der Waals surface area contributed by atoms with E-state index in [1.807, 2.05) is 0 Å². The van der Waals surface area contributed by atoms with E-state index in [1.54, 1.807) is 4.57 Å². The van der Waals surface area contributed by atoms with Crippen LogP contribution in [0.25, 0.3) is 11.2 Å². The molecule has 24 heavy (non-hydrogen) atoms. The number of nitrogens with two attached hydrogens (primary N) is 1. The Balaban J connectivity index is 2.00. The van der Waals surface area contributed by atoms with E-state index in [9.17, 15) is 14.9 Å². The van der Waals surface area contributed by atoms with Crippen molar-refractivity contribution in [2.24, 2.45) is 0 Å². The van der Waals surface area contributed by atoms with Crippen molar-refractivity contribution in [1.82, 2.24) is 19.5 Å². The molecule has 0 aromatic carbocycles. The van der Waals surface area contributed by atoms with Gasteiger partial charge < -0.3 is 30.1 Å². The molecule has 13 heteroatoms. The molecule has 11 nitrogen and oxygen atoms in total. The van der Waals surface area contributed by atoms with Crippen molar-refractivity contribution in [3.8, 4) is 0 Å². The van der Waals surface area contributed by atoms with Gasteiger partial charge in [-0.3, -0.25) is 9.09 Å². The minimum absolute atomic E-state index is 0.207. The Hall–Kier alpha value is -1.24. The number of aliphatic hydroxyl groups excluding tert-OH is 1. The van der Waals surface area contributed by atoms with E-state index >= 15 is 0 Å². The molecule has 1 fully saturated rings. The molecule has 0 unspecified atom stereocenters. The first-order valence-electron chi connectivity index (χ1n) is 6.81. The Kier molecular flexibility index (Phi) is 4.82. The minimum atomic E-state index is -3.98. The maximum atomic E-state index is 9.50. The molecule has 1 saturated heterocycles. The third-order valence-electron chi connectivity index (χ3n) is 3.66. The summed E-state index contributed by atoms with van der Waals surface area (Å²) >= 11 is 4.51. The highest BCUT2D eigenvalue weighted by atomic mass is 32.5. The van der Waals surface area contributed by atoms with Crippen molar-refractivity contribution in [3.05, 3.63) is 12.7 Å². The molecule has 0 bridgehead atoms. The smallest absolute Gasteiger partial charge is 0.322 e. The van der Waals surface area contributed by atoms with E-state index in [4.69, 9.17) is 19.7 Å². The van der Waals surface area contributed by atoms with Crippen LogP contribution in [-0.4, -0.2) is 66.4 Å². The van der Waals surface area contributed by atoms with Crippen LogP contribution in [0.5, 0.6) is 0 Å². The van der Waals surface area contributed by atoms with Crippen LogP contribution in [0.2, 0.25) is 0 Å². The highest BCUT2D eigenvalue weighted by Gasteiger charge is 2.48. The predicted octanol–water partition coefficient (Wildman–Crippen LogP) is -1.09. The minimum Gasteiger partial charge on any atom is -0.394 e. The maximum absolute atomic E-state index is 9.50. The number of fused-ring (bicyclic) bond motifs is 1. The lowest BCUT2D eigenvalue weighted by Crippen LogP contribution is -2.36. The summed E-state index contributed by atoms with van der Waals surface area (Å²) in [5.74, 6) is 0.207. The first-order chi connectivity index (χ1) is 11.4. The zero-order chi connectivity index (χ0) is 17.5. The largest absolute Gasteiger partial charge is 0.394 e. The molecule has 5 N–H and O–H groups in total. The lowest BCUT2D eigenvalue weighted by atomic mass is 10.1. The number of aromatic nitrogens is 4. The van der Waals surface area contributed by atoms with E-state index < -0.39 is 37.9 Å². The highest BCUT2D eigenvalue weighted by molar-refractivity contribution is 8.06. The Labute approximate surface area is 141 Å². The quantitative estimate of drug-likeness (QED) is 0.469. The zero-order valence-corrected chi connectivity index (χ0v) is 14.2. The van der Waals surface area contributed by atoms with E-state index in [0.29, 0.717) is 11.2 Å². The van der Waals surface area contributed by atoms with Crippen LogP contribution < -0.4 is 5.73 Å². The van der Waals surface area contributed by atoms with Crippen LogP contribution in [0.15, 0.2) is 12.7 Å². The normalized spacial score (nSPS) is 27.8. The third-order valence-corrected chi connectivity index (χ3v) is 4.43. The molecule has 0 aliphatic carbocycles. The van der Waals surface area contributed by atoms with Crippen molar-refractivity contribution in [2.75, 3.05) is 19.5 Å². The Bertz CT molecular complexity index is 783. The number of hydrogen-bond donors (Lipinski definition) is 4.